The Morgan fingerprint density at radius 1 is 1.32 bits per heavy atom. The number of nitrogens with zero attached hydrogens (tertiary/aromatic N) is 2. The van der Waals surface area contributed by atoms with E-state index in [2.05, 4.69) is 10.2 Å². The molecule has 2 fully saturated rings. The first-order chi connectivity index (χ1) is 8.98. The summed E-state index contributed by atoms with van der Waals surface area (Å²) in [6.45, 7) is 6.56. The van der Waals surface area contributed by atoms with Gasteiger partial charge in [0, 0.05) is 26.2 Å². The molecule has 0 atom stereocenters. The second kappa shape index (κ2) is 5.85. The molecule has 0 saturated carbocycles. The molecule has 19 heavy (non-hydrogen) atoms. The number of likely N-dealkylation sites (tertiary alicyclic amines) is 1. The Bertz CT molecular complexity index is 349. The lowest BCUT2D eigenvalue weighted by Crippen LogP contribution is -2.65. The quantitative estimate of drug-likeness (QED) is 0.639. The summed E-state index contributed by atoms with van der Waals surface area (Å²) in [4.78, 5) is 26.3. The lowest BCUT2D eigenvalue weighted by atomic mass is 9.96. The van der Waals surface area contributed by atoms with E-state index in [1.165, 1.54) is 0 Å². The number of nitrogens with one attached hydrogen (secondary N) is 1. The molecule has 0 aromatic rings. The van der Waals surface area contributed by atoms with Crippen LogP contribution in [0.4, 0.5) is 0 Å². The third-order valence-electron chi connectivity index (χ3n) is 3.52. The lowest BCUT2D eigenvalue weighted by Gasteiger charge is -2.47. The van der Waals surface area contributed by atoms with E-state index >= 15 is 0 Å². The van der Waals surface area contributed by atoms with Crippen molar-refractivity contribution in [3.8, 4) is 0 Å². The molecule has 0 aromatic heterocycles. The van der Waals surface area contributed by atoms with E-state index in [-0.39, 0.29) is 12.5 Å². The van der Waals surface area contributed by atoms with Crippen molar-refractivity contribution in [3.63, 3.8) is 0 Å². The van der Waals surface area contributed by atoms with Gasteiger partial charge in [-0.3, -0.25) is 9.69 Å². The van der Waals surface area contributed by atoms with Gasteiger partial charge in [-0.05, 0) is 6.92 Å². The van der Waals surface area contributed by atoms with Crippen LogP contribution in [0.1, 0.15) is 6.92 Å². The Labute approximate surface area is 112 Å². The molecule has 0 aromatic carbocycles. The van der Waals surface area contributed by atoms with Gasteiger partial charge in [0.15, 0.2) is 0 Å². The number of ether oxygens (including phenoxy) is 1. The molecule has 2 saturated heterocycles. The van der Waals surface area contributed by atoms with Crippen LogP contribution >= 0.6 is 0 Å². The van der Waals surface area contributed by atoms with Crippen molar-refractivity contribution in [2.45, 2.75) is 12.5 Å². The SMILES string of the molecule is CC1(OCC(=O)O)CN(C(=O)CN2CCNCC2)C1. The zero-order valence-electron chi connectivity index (χ0n) is 11.2. The van der Waals surface area contributed by atoms with Gasteiger partial charge in [-0.1, -0.05) is 0 Å². The van der Waals surface area contributed by atoms with Crippen LogP contribution in [0.15, 0.2) is 0 Å². The largest absolute Gasteiger partial charge is 0.480 e. The van der Waals surface area contributed by atoms with Crippen molar-refractivity contribution in [1.29, 1.82) is 0 Å². The van der Waals surface area contributed by atoms with Crippen molar-refractivity contribution in [2.75, 3.05) is 52.4 Å². The molecular formula is C12H21N3O4. The number of aliphatic carboxylic acids is 1. The van der Waals surface area contributed by atoms with Gasteiger partial charge < -0.3 is 20.1 Å². The van der Waals surface area contributed by atoms with Crippen molar-refractivity contribution in [2.24, 2.45) is 0 Å². The third-order valence-corrected chi connectivity index (χ3v) is 3.52. The van der Waals surface area contributed by atoms with E-state index < -0.39 is 11.6 Å². The van der Waals surface area contributed by atoms with E-state index in [4.69, 9.17) is 9.84 Å². The van der Waals surface area contributed by atoms with Crippen LogP contribution in [0.2, 0.25) is 0 Å². The maximum atomic E-state index is 12.0. The molecule has 2 aliphatic rings. The maximum Gasteiger partial charge on any atom is 0.329 e. The first-order valence-corrected chi connectivity index (χ1v) is 6.55. The number of carboxylic acids is 1. The number of carboxylic acid groups (broad SMARTS) is 1. The van der Waals surface area contributed by atoms with Crippen molar-refractivity contribution >= 4 is 11.9 Å². The smallest absolute Gasteiger partial charge is 0.329 e. The number of hydrogen-bond acceptors (Lipinski definition) is 5. The van der Waals surface area contributed by atoms with E-state index in [0.717, 1.165) is 26.2 Å². The predicted molar refractivity (Wildman–Crippen MR) is 67.9 cm³/mol. The Morgan fingerprint density at radius 3 is 2.53 bits per heavy atom. The van der Waals surface area contributed by atoms with Crippen LogP contribution in [0, 0.1) is 0 Å². The van der Waals surface area contributed by atoms with Gasteiger partial charge in [-0.25, -0.2) is 4.79 Å². The fourth-order valence-corrected chi connectivity index (χ4v) is 2.43. The lowest BCUT2D eigenvalue weighted by molar-refractivity contribution is -0.173. The van der Waals surface area contributed by atoms with Crippen molar-refractivity contribution < 1.29 is 19.4 Å². The molecule has 0 unspecified atom stereocenters. The van der Waals surface area contributed by atoms with Crippen LogP contribution < -0.4 is 5.32 Å². The van der Waals surface area contributed by atoms with Gasteiger partial charge in [-0.15, -0.1) is 0 Å². The molecule has 0 radical (unpaired) electrons. The first kappa shape index (κ1) is 14.2. The normalized spacial score (nSPS) is 22.9. The Kier molecular flexibility index (Phi) is 4.38. The number of amides is 1. The number of rotatable bonds is 5. The van der Waals surface area contributed by atoms with Crippen LogP contribution in [0.3, 0.4) is 0 Å². The number of piperazine rings is 1. The summed E-state index contributed by atoms with van der Waals surface area (Å²) < 4.78 is 5.28. The molecule has 0 bridgehead atoms. The summed E-state index contributed by atoms with van der Waals surface area (Å²) >= 11 is 0. The van der Waals surface area contributed by atoms with E-state index in [9.17, 15) is 9.59 Å². The minimum atomic E-state index is -0.980. The Balaban J connectivity index is 1.70. The van der Waals surface area contributed by atoms with Gasteiger partial charge >= 0.3 is 5.97 Å². The maximum absolute atomic E-state index is 12.0. The molecule has 2 N–H and O–H groups in total. The van der Waals surface area contributed by atoms with Gasteiger partial charge in [-0.2, -0.15) is 0 Å². The van der Waals surface area contributed by atoms with Crippen molar-refractivity contribution in [3.05, 3.63) is 0 Å². The Morgan fingerprint density at radius 2 is 1.95 bits per heavy atom. The zero-order chi connectivity index (χ0) is 13.9. The molecule has 0 aliphatic carbocycles. The third kappa shape index (κ3) is 3.89. The molecule has 7 nitrogen and oxygen atoms in total. The van der Waals surface area contributed by atoms with E-state index in [1.54, 1.807) is 4.90 Å². The van der Waals surface area contributed by atoms with Crippen LogP contribution in [-0.4, -0.2) is 84.8 Å². The molecule has 2 heterocycles. The summed E-state index contributed by atoms with van der Waals surface area (Å²) in [5, 5.41) is 11.8. The first-order valence-electron chi connectivity index (χ1n) is 6.55. The average molecular weight is 271 g/mol. The van der Waals surface area contributed by atoms with Crippen LogP contribution in [0.5, 0.6) is 0 Å². The highest BCUT2D eigenvalue weighted by atomic mass is 16.5. The standard InChI is InChI=1S/C12H21N3O4/c1-12(19-7-11(17)18)8-15(9-12)10(16)6-14-4-2-13-3-5-14/h13H,2-9H2,1H3,(H,17,18). The zero-order valence-corrected chi connectivity index (χ0v) is 11.2. The van der Waals surface area contributed by atoms with Gasteiger partial charge in [0.2, 0.25) is 5.91 Å². The number of carbonyl (C=O) groups is 2. The summed E-state index contributed by atoms with van der Waals surface area (Å²) in [6, 6.07) is 0. The number of hydrogen-bond donors (Lipinski definition) is 2. The van der Waals surface area contributed by atoms with E-state index in [1.807, 2.05) is 6.92 Å². The molecule has 2 aliphatic heterocycles. The summed E-state index contributed by atoms with van der Waals surface area (Å²) in [6.07, 6.45) is 0. The average Bonchev–Trinajstić information content (AvgIpc) is 2.34. The molecule has 1 amide bonds. The second-order valence-electron chi connectivity index (χ2n) is 5.41. The highest BCUT2D eigenvalue weighted by Gasteiger charge is 2.42. The summed E-state index contributed by atoms with van der Waals surface area (Å²) in [5.41, 5.74) is -0.502. The molecule has 7 heteroatoms. The topological polar surface area (TPSA) is 82.1 Å². The summed E-state index contributed by atoms with van der Waals surface area (Å²) in [7, 11) is 0. The highest BCUT2D eigenvalue weighted by Crippen LogP contribution is 2.24. The van der Waals surface area contributed by atoms with Crippen molar-refractivity contribution in [1.82, 2.24) is 15.1 Å². The Hall–Kier alpha value is -1.18. The van der Waals surface area contributed by atoms with Gasteiger partial charge in [0.05, 0.1) is 19.6 Å². The molecule has 108 valence electrons. The summed E-state index contributed by atoms with van der Waals surface area (Å²) in [5.74, 6) is -0.884. The van der Waals surface area contributed by atoms with Gasteiger partial charge in [0.25, 0.3) is 0 Å². The monoisotopic (exact) mass is 271 g/mol. The molecule has 0 spiro atoms. The van der Waals surface area contributed by atoms with Crippen LogP contribution in [0.25, 0.3) is 0 Å². The fourth-order valence-electron chi connectivity index (χ4n) is 2.43. The predicted octanol–water partition coefficient (Wildman–Crippen LogP) is -1.41. The molecule has 2 rings (SSSR count). The molecular weight excluding hydrogens is 250 g/mol. The minimum absolute atomic E-state index is 0.0956. The fraction of sp³-hybridized carbons (Fsp3) is 0.833. The highest BCUT2D eigenvalue weighted by molar-refractivity contribution is 5.79. The van der Waals surface area contributed by atoms with Gasteiger partial charge in [0.1, 0.15) is 12.2 Å². The number of carbonyl (C=O) groups excluding carboxylic acids is 1. The minimum Gasteiger partial charge on any atom is -0.480 e. The van der Waals surface area contributed by atoms with Crippen LogP contribution in [-0.2, 0) is 14.3 Å². The van der Waals surface area contributed by atoms with E-state index in [0.29, 0.717) is 19.6 Å². The second-order valence-corrected chi connectivity index (χ2v) is 5.41.